The molecule has 1 saturated carbocycles. The maximum absolute atomic E-state index is 8.84. The summed E-state index contributed by atoms with van der Waals surface area (Å²) >= 11 is 0. The van der Waals surface area contributed by atoms with Crippen molar-refractivity contribution in [3.63, 3.8) is 0 Å². The molecular weight excluding hydrogens is 162 g/mol. The summed E-state index contributed by atoms with van der Waals surface area (Å²) in [4.78, 5) is 0. The molecule has 0 aromatic rings. The van der Waals surface area contributed by atoms with Gasteiger partial charge in [0.1, 0.15) is 0 Å². The zero-order valence-electron chi connectivity index (χ0n) is 8.34. The third kappa shape index (κ3) is 2.23. The van der Waals surface area contributed by atoms with Crippen molar-refractivity contribution in [1.82, 2.24) is 5.32 Å². The van der Waals surface area contributed by atoms with E-state index >= 15 is 0 Å². The highest BCUT2D eigenvalue weighted by Gasteiger charge is 2.31. The minimum atomic E-state index is 0.342. The minimum absolute atomic E-state index is 0.342. The Kier molecular flexibility index (Phi) is 3.23. The topological polar surface area (TPSA) is 32.3 Å². The van der Waals surface area contributed by atoms with Crippen LogP contribution in [0.4, 0.5) is 0 Å². The van der Waals surface area contributed by atoms with Crippen molar-refractivity contribution < 1.29 is 5.11 Å². The second-order valence-electron chi connectivity index (χ2n) is 4.66. The van der Waals surface area contributed by atoms with Crippen molar-refractivity contribution in [3.8, 4) is 0 Å². The van der Waals surface area contributed by atoms with E-state index < -0.39 is 0 Å². The van der Waals surface area contributed by atoms with Gasteiger partial charge in [-0.25, -0.2) is 0 Å². The number of aliphatic hydroxyl groups is 1. The van der Waals surface area contributed by atoms with Crippen LogP contribution in [-0.2, 0) is 0 Å². The van der Waals surface area contributed by atoms with E-state index in [0.29, 0.717) is 12.6 Å². The lowest BCUT2D eigenvalue weighted by Crippen LogP contribution is -2.22. The van der Waals surface area contributed by atoms with Crippen LogP contribution in [0.15, 0.2) is 0 Å². The molecule has 0 bridgehead atoms. The first-order chi connectivity index (χ1) is 6.40. The number of nitrogens with one attached hydrogen (secondary N) is 1. The largest absolute Gasteiger partial charge is 0.396 e. The van der Waals surface area contributed by atoms with E-state index in [1.165, 1.54) is 38.6 Å². The Labute approximate surface area is 80.7 Å². The third-order valence-electron chi connectivity index (χ3n) is 3.80. The molecule has 2 atom stereocenters. The molecule has 0 spiro atoms. The summed E-state index contributed by atoms with van der Waals surface area (Å²) < 4.78 is 0. The Balaban J connectivity index is 1.76. The summed E-state index contributed by atoms with van der Waals surface area (Å²) in [5.74, 6) is 1.91. The van der Waals surface area contributed by atoms with Gasteiger partial charge < -0.3 is 10.4 Å². The molecule has 2 heteroatoms. The zero-order valence-corrected chi connectivity index (χ0v) is 8.34. The van der Waals surface area contributed by atoms with Crippen LogP contribution < -0.4 is 5.32 Å². The van der Waals surface area contributed by atoms with Crippen molar-refractivity contribution in [3.05, 3.63) is 0 Å². The van der Waals surface area contributed by atoms with Crippen molar-refractivity contribution in [2.45, 2.75) is 44.6 Å². The minimum Gasteiger partial charge on any atom is -0.396 e. The van der Waals surface area contributed by atoms with Gasteiger partial charge >= 0.3 is 0 Å². The summed E-state index contributed by atoms with van der Waals surface area (Å²) in [6.45, 7) is 1.55. The molecule has 2 fully saturated rings. The predicted molar refractivity (Wildman–Crippen MR) is 53.6 cm³/mol. The molecule has 2 rings (SSSR count). The van der Waals surface area contributed by atoms with Gasteiger partial charge in [0.15, 0.2) is 0 Å². The first kappa shape index (κ1) is 9.47. The fourth-order valence-electron chi connectivity index (χ4n) is 3.01. The van der Waals surface area contributed by atoms with Crippen molar-refractivity contribution in [2.24, 2.45) is 11.8 Å². The highest BCUT2D eigenvalue weighted by molar-refractivity contribution is 4.87. The van der Waals surface area contributed by atoms with Crippen LogP contribution in [0.2, 0.25) is 0 Å². The Bertz CT molecular complexity index is 154. The second-order valence-corrected chi connectivity index (χ2v) is 4.66. The molecule has 2 unspecified atom stereocenters. The highest BCUT2D eigenvalue weighted by Crippen LogP contribution is 2.35. The van der Waals surface area contributed by atoms with Gasteiger partial charge in [-0.3, -0.25) is 0 Å². The van der Waals surface area contributed by atoms with Crippen LogP contribution in [0, 0.1) is 11.8 Å². The van der Waals surface area contributed by atoms with Crippen molar-refractivity contribution >= 4 is 0 Å². The molecule has 0 amide bonds. The molecule has 2 aliphatic rings. The van der Waals surface area contributed by atoms with Gasteiger partial charge in [0.2, 0.25) is 0 Å². The molecule has 1 saturated heterocycles. The molecule has 76 valence electrons. The van der Waals surface area contributed by atoms with Crippen molar-refractivity contribution in [2.75, 3.05) is 13.2 Å². The maximum Gasteiger partial charge on any atom is 0.0445 e. The number of aliphatic hydroxyl groups excluding tert-OH is 1. The molecule has 1 aliphatic heterocycles. The fraction of sp³-hybridized carbons (Fsp3) is 1.00. The Morgan fingerprint density at radius 1 is 1.15 bits per heavy atom. The standard InChI is InChI=1S/C11H21NO/c13-6-5-11-7-10(8-12-11)9-3-1-2-4-9/h9-13H,1-8H2. The summed E-state index contributed by atoms with van der Waals surface area (Å²) in [7, 11) is 0. The molecule has 2 nitrogen and oxygen atoms in total. The first-order valence-corrected chi connectivity index (χ1v) is 5.74. The van der Waals surface area contributed by atoms with Gasteiger partial charge in [0, 0.05) is 12.6 Å². The Hall–Kier alpha value is -0.0800. The smallest absolute Gasteiger partial charge is 0.0445 e. The molecule has 0 aromatic carbocycles. The first-order valence-electron chi connectivity index (χ1n) is 5.74. The fourth-order valence-corrected chi connectivity index (χ4v) is 3.01. The molecule has 1 heterocycles. The van der Waals surface area contributed by atoms with E-state index in [1.54, 1.807) is 0 Å². The van der Waals surface area contributed by atoms with Crippen LogP contribution >= 0.6 is 0 Å². The Morgan fingerprint density at radius 2 is 1.92 bits per heavy atom. The Morgan fingerprint density at radius 3 is 2.62 bits per heavy atom. The van der Waals surface area contributed by atoms with Gasteiger partial charge in [-0.2, -0.15) is 0 Å². The van der Waals surface area contributed by atoms with Crippen LogP contribution in [0.1, 0.15) is 38.5 Å². The monoisotopic (exact) mass is 183 g/mol. The summed E-state index contributed by atoms with van der Waals surface area (Å²) in [6.07, 6.45) is 8.07. The third-order valence-corrected chi connectivity index (χ3v) is 3.80. The summed E-state index contributed by atoms with van der Waals surface area (Å²) in [5, 5.41) is 12.4. The maximum atomic E-state index is 8.84. The van der Waals surface area contributed by atoms with Crippen LogP contribution in [0.5, 0.6) is 0 Å². The SMILES string of the molecule is OCCC1CC(C2CCCC2)CN1. The molecule has 0 radical (unpaired) electrons. The number of hydrogen-bond acceptors (Lipinski definition) is 2. The number of rotatable bonds is 3. The molecule has 0 aromatic heterocycles. The lowest BCUT2D eigenvalue weighted by Gasteiger charge is -2.16. The van der Waals surface area contributed by atoms with Gasteiger partial charge in [-0.15, -0.1) is 0 Å². The van der Waals surface area contributed by atoms with Gasteiger partial charge in [-0.05, 0) is 31.2 Å². The van der Waals surface area contributed by atoms with Gasteiger partial charge in [0.25, 0.3) is 0 Å². The summed E-state index contributed by atoms with van der Waals surface area (Å²) in [6, 6.07) is 0.607. The molecule has 1 aliphatic carbocycles. The molecule has 2 N–H and O–H groups in total. The molecular formula is C11H21NO. The van der Waals surface area contributed by atoms with Gasteiger partial charge in [-0.1, -0.05) is 25.7 Å². The molecule has 13 heavy (non-hydrogen) atoms. The quantitative estimate of drug-likeness (QED) is 0.695. The van der Waals surface area contributed by atoms with Gasteiger partial charge in [0.05, 0.1) is 0 Å². The van der Waals surface area contributed by atoms with E-state index in [0.717, 1.165) is 18.3 Å². The van der Waals surface area contributed by atoms with Crippen LogP contribution in [0.3, 0.4) is 0 Å². The van der Waals surface area contributed by atoms with E-state index in [9.17, 15) is 0 Å². The van der Waals surface area contributed by atoms with E-state index in [2.05, 4.69) is 5.32 Å². The van der Waals surface area contributed by atoms with Crippen LogP contribution in [-0.4, -0.2) is 24.3 Å². The zero-order chi connectivity index (χ0) is 9.10. The average Bonchev–Trinajstić information content (AvgIpc) is 2.70. The highest BCUT2D eigenvalue weighted by atomic mass is 16.3. The van der Waals surface area contributed by atoms with E-state index in [-0.39, 0.29) is 0 Å². The predicted octanol–water partition coefficient (Wildman–Crippen LogP) is 1.54. The lowest BCUT2D eigenvalue weighted by atomic mass is 9.88. The average molecular weight is 183 g/mol. The van der Waals surface area contributed by atoms with Crippen molar-refractivity contribution in [1.29, 1.82) is 0 Å². The number of hydrogen-bond donors (Lipinski definition) is 2. The van der Waals surface area contributed by atoms with E-state index in [1.807, 2.05) is 0 Å². The lowest BCUT2D eigenvalue weighted by molar-refractivity contribution is 0.267. The summed E-state index contributed by atoms with van der Waals surface area (Å²) in [5.41, 5.74) is 0. The normalized spacial score (nSPS) is 35.8. The van der Waals surface area contributed by atoms with E-state index in [4.69, 9.17) is 5.11 Å². The second kappa shape index (κ2) is 4.43. The van der Waals surface area contributed by atoms with Crippen LogP contribution in [0.25, 0.3) is 0 Å².